The zero-order valence-corrected chi connectivity index (χ0v) is 21.0. The van der Waals surface area contributed by atoms with Crippen LogP contribution in [0, 0.1) is 0 Å². The molecule has 4 rings (SSSR count). The van der Waals surface area contributed by atoms with E-state index >= 15 is 0 Å². The van der Waals surface area contributed by atoms with Crippen molar-refractivity contribution in [2.75, 3.05) is 19.3 Å². The minimum absolute atomic E-state index is 0.0154. The van der Waals surface area contributed by atoms with Crippen LogP contribution in [0.4, 0.5) is 0 Å². The minimum atomic E-state index is -0.107. The van der Waals surface area contributed by atoms with Gasteiger partial charge in [-0.15, -0.1) is 21.5 Å². The number of thiazole rings is 1. The van der Waals surface area contributed by atoms with Gasteiger partial charge in [0.05, 0.1) is 28.6 Å². The zero-order chi connectivity index (χ0) is 23.4. The first-order valence-electron chi connectivity index (χ1n) is 11.4. The minimum Gasteiger partial charge on any atom is -0.336 e. The van der Waals surface area contributed by atoms with Crippen LogP contribution < -0.4 is 0 Å². The summed E-state index contributed by atoms with van der Waals surface area (Å²) in [5.41, 5.74) is 0.964. The highest BCUT2D eigenvalue weighted by Crippen LogP contribution is 2.29. The van der Waals surface area contributed by atoms with Gasteiger partial charge in [-0.1, -0.05) is 30.3 Å². The number of carbonyl (C=O) groups is 2. The molecule has 0 radical (unpaired) electrons. The monoisotopic (exact) mass is 486 g/mol. The molecule has 0 bridgehead atoms. The van der Waals surface area contributed by atoms with E-state index in [1.54, 1.807) is 16.2 Å². The first kappa shape index (κ1) is 23.7. The number of aromatic nitrogens is 4. The van der Waals surface area contributed by atoms with Crippen LogP contribution in [-0.4, -0.2) is 60.7 Å². The van der Waals surface area contributed by atoms with E-state index < -0.39 is 0 Å². The second-order valence-electron chi connectivity index (χ2n) is 8.26. The fourth-order valence-electron chi connectivity index (χ4n) is 3.92. The Hall–Kier alpha value is -2.46. The lowest BCUT2D eigenvalue weighted by Gasteiger charge is -2.23. The molecule has 33 heavy (non-hydrogen) atoms. The summed E-state index contributed by atoms with van der Waals surface area (Å²) < 4.78 is 3.13. The first-order chi connectivity index (χ1) is 16.0. The van der Waals surface area contributed by atoms with E-state index in [2.05, 4.69) is 16.3 Å². The van der Waals surface area contributed by atoms with E-state index in [1.807, 2.05) is 48.6 Å². The number of amides is 2. The Labute approximate surface area is 202 Å². The maximum Gasteiger partial charge on any atom is 0.233 e. The zero-order valence-electron chi connectivity index (χ0n) is 19.4. The number of benzene rings is 1. The van der Waals surface area contributed by atoms with Crippen molar-refractivity contribution in [3.05, 3.63) is 35.1 Å². The maximum atomic E-state index is 12.9. The predicted molar refractivity (Wildman–Crippen MR) is 131 cm³/mol. The molecule has 1 fully saturated rings. The molecule has 3 aromatic rings. The van der Waals surface area contributed by atoms with Crippen molar-refractivity contribution in [2.24, 2.45) is 0 Å². The molecule has 0 N–H and O–H groups in total. The van der Waals surface area contributed by atoms with Crippen molar-refractivity contribution in [2.45, 2.75) is 63.8 Å². The first-order valence-corrected chi connectivity index (χ1v) is 13.2. The maximum absolute atomic E-state index is 12.9. The van der Waals surface area contributed by atoms with Crippen molar-refractivity contribution in [3.63, 3.8) is 0 Å². The molecule has 0 spiro atoms. The van der Waals surface area contributed by atoms with Gasteiger partial charge in [0.15, 0.2) is 11.0 Å². The van der Waals surface area contributed by atoms with Crippen molar-refractivity contribution in [1.29, 1.82) is 0 Å². The molecule has 8 nitrogen and oxygen atoms in total. The fourth-order valence-corrected chi connectivity index (χ4v) is 5.92. The molecule has 0 saturated carbocycles. The Bertz CT molecular complexity index is 1090. The second kappa shape index (κ2) is 10.6. The van der Waals surface area contributed by atoms with Crippen LogP contribution in [0.2, 0.25) is 0 Å². The van der Waals surface area contributed by atoms with Gasteiger partial charge in [-0.25, -0.2) is 4.98 Å². The molecule has 2 aromatic heterocycles. The van der Waals surface area contributed by atoms with E-state index in [0.29, 0.717) is 24.7 Å². The molecular formula is C23H30N6O2S2. The van der Waals surface area contributed by atoms with Crippen LogP contribution in [0.5, 0.6) is 0 Å². The van der Waals surface area contributed by atoms with E-state index in [9.17, 15) is 9.59 Å². The number of likely N-dealkylation sites (tertiary alicyclic amines) is 1. The summed E-state index contributed by atoms with van der Waals surface area (Å²) in [4.78, 5) is 33.6. The molecular weight excluding hydrogens is 456 g/mol. The number of fused-ring (bicyclic) bond motifs is 1. The Balaban J connectivity index is 1.38. The third-order valence-corrected chi connectivity index (χ3v) is 8.24. The fraction of sp³-hybridized carbons (Fsp3) is 0.522. The highest BCUT2D eigenvalue weighted by Gasteiger charge is 2.23. The Morgan fingerprint density at radius 2 is 2.06 bits per heavy atom. The number of carbonyl (C=O) groups excluding carboxylic acids is 2. The summed E-state index contributed by atoms with van der Waals surface area (Å²) >= 11 is 3.01. The van der Waals surface area contributed by atoms with Gasteiger partial charge < -0.3 is 14.4 Å². The van der Waals surface area contributed by atoms with Crippen LogP contribution in [0.15, 0.2) is 29.4 Å². The van der Waals surface area contributed by atoms with Crippen LogP contribution in [0.1, 0.15) is 56.4 Å². The van der Waals surface area contributed by atoms with E-state index in [4.69, 9.17) is 4.98 Å². The standard InChI is InChI=1S/C23H30N6O2S2/c1-4-29-19(14-28-13-9-5-6-12-20(28)30)25-26-23(29)32-15-21(31)27(3)16(2)22-24-17-10-7-8-11-18(17)33-22/h7-8,10-11,16H,4-6,9,12-15H2,1-3H3. The topological polar surface area (TPSA) is 84.2 Å². The molecule has 1 aliphatic heterocycles. The van der Waals surface area contributed by atoms with Gasteiger partial charge in [0.25, 0.3) is 0 Å². The Morgan fingerprint density at radius 3 is 2.85 bits per heavy atom. The Kier molecular flexibility index (Phi) is 7.64. The summed E-state index contributed by atoms with van der Waals surface area (Å²) in [6, 6.07) is 7.91. The number of thioether (sulfide) groups is 1. The molecule has 1 aromatic carbocycles. The quantitative estimate of drug-likeness (QED) is 0.445. The molecule has 1 atom stereocenters. The SMILES string of the molecule is CCn1c(CN2CCCCCC2=O)nnc1SCC(=O)N(C)C(C)c1nc2ccccc2s1. The third kappa shape index (κ3) is 5.38. The van der Waals surface area contributed by atoms with E-state index in [1.165, 1.54) is 11.8 Å². The lowest BCUT2D eigenvalue weighted by molar-refractivity contribution is -0.131. The molecule has 2 amide bonds. The smallest absolute Gasteiger partial charge is 0.233 e. The molecule has 176 valence electrons. The highest BCUT2D eigenvalue weighted by molar-refractivity contribution is 7.99. The average Bonchev–Trinajstić information content (AvgIpc) is 3.37. The van der Waals surface area contributed by atoms with Crippen LogP contribution in [0.25, 0.3) is 10.2 Å². The molecule has 1 aliphatic rings. The van der Waals surface area contributed by atoms with Gasteiger partial charge in [0, 0.05) is 26.6 Å². The normalized spacial score (nSPS) is 15.6. The van der Waals surface area contributed by atoms with Gasteiger partial charge in [-0.3, -0.25) is 9.59 Å². The summed E-state index contributed by atoms with van der Waals surface area (Å²) in [5, 5.41) is 10.3. The van der Waals surface area contributed by atoms with Crippen LogP contribution >= 0.6 is 23.1 Å². The summed E-state index contributed by atoms with van der Waals surface area (Å²) in [6.07, 6.45) is 3.69. The van der Waals surface area contributed by atoms with Crippen molar-refractivity contribution in [3.8, 4) is 0 Å². The van der Waals surface area contributed by atoms with Gasteiger partial charge in [-0.05, 0) is 38.8 Å². The van der Waals surface area contributed by atoms with Gasteiger partial charge in [0.2, 0.25) is 11.8 Å². The summed E-state index contributed by atoms with van der Waals surface area (Å²) in [7, 11) is 1.82. The number of hydrogen-bond donors (Lipinski definition) is 0. The molecule has 3 heterocycles. The highest BCUT2D eigenvalue weighted by atomic mass is 32.2. The number of nitrogens with zero attached hydrogens (tertiary/aromatic N) is 6. The van der Waals surface area contributed by atoms with Crippen LogP contribution in [-0.2, 0) is 22.7 Å². The lowest BCUT2D eigenvalue weighted by atomic mass is 10.2. The average molecular weight is 487 g/mol. The third-order valence-electron chi connectivity index (χ3n) is 6.08. The Morgan fingerprint density at radius 1 is 1.24 bits per heavy atom. The number of para-hydroxylation sites is 1. The van der Waals surface area contributed by atoms with Gasteiger partial charge >= 0.3 is 0 Å². The van der Waals surface area contributed by atoms with Crippen molar-refractivity contribution >= 4 is 45.1 Å². The molecule has 1 unspecified atom stereocenters. The summed E-state index contributed by atoms with van der Waals surface area (Å²) in [6.45, 7) is 5.97. The predicted octanol–water partition coefficient (Wildman–Crippen LogP) is 4.12. The largest absolute Gasteiger partial charge is 0.336 e. The van der Waals surface area contributed by atoms with Crippen LogP contribution in [0.3, 0.4) is 0 Å². The molecule has 1 saturated heterocycles. The van der Waals surface area contributed by atoms with E-state index in [0.717, 1.165) is 46.9 Å². The second-order valence-corrected chi connectivity index (χ2v) is 10.3. The molecule has 0 aliphatic carbocycles. The molecule has 10 heteroatoms. The number of rotatable bonds is 8. The van der Waals surface area contributed by atoms with Gasteiger partial charge in [0.1, 0.15) is 5.01 Å². The lowest BCUT2D eigenvalue weighted by Crippen LogP contribution is -2.31. The van der Waals surface area contributed by atoms with Crippen molar-refractivity contribution < 1.29 is 9.59 Å². The van der Waals surface area contributed by atoms with Crippen molar-refractivity contribution in [1.82, 2.24) is 29.5 Å². The van der Waals surface area contributed by atoms with E-state index in [-0.39, 0.29) is 23.6 Å². The summed E-state index contributed by atoms with van der Waals surface area (Å²) in [5.74, 6) is 1.25. The van der Waals surface area contributed by atoms with Gasteiger partial charge in [-0.2, -0.15) is 0 Å². The number of hydrogen-bond acceptors (Lipinski definition) is 7.